The maximum Gasteiger partial charge on any atom is 0.253 e. The van der Waals surface area contributed by atoms with Crippen molar-refractivity contribution in [3.63, 3.8) is 0 Å². The molecule has 0 unspecified atom stereocenters. The van der Waals surface area contributed by atoms with E-state index in [9.17, 15) is 9.59 Å². The fourth-order valence-corrected chi connectivity index (χ4v) is 2.65. The summed E-state index contributed by atoms with van der Waals surface area (Å²) in [5, 5.41) is 4.82. The Morgan fingerprint density at radius 3 is 2.58 bits per heavy atom. The summed E-state index contributed by atoms with van der Waals surface area (Å²) in [7, 11) is 0. The summed E-state index contributed by atoms with van der Waals surface area (Å²) in [5.74, 6) is -0.938. The minimum absolute atomic E-state index is 0.336. The van der Waals surface area contributed by atoms with Gasteiger partial charge in [0.05, 0.1) is 5.56 Å². The molecule has 5 nitrogen and oxygen atoms in total. The van der Waals surface area contributed by atoms with E-state index in [0.717, 1.165) is 16.3 Å². The van der Waals surface area contributed by atoms with E-state index in [1.807, 2.05) is 42.5 Å². The molecule has 2 amide bonds. The Kier molecular flexibility index (Phi) is 4.52. The zero-order chi connectivity index (χ0) is 16.9. The monoisotopic (exact) mass is 319 g/mol. The Balaban J connectivity index is 1.84. The molecule has 0 aliphatic rings. The summed E-state index contributed by atoms with van der Waals surface area (Å²) in [6.07, 6.45) is 3.37. The number of hydrogen-bond donors (Lipinski definition) is 2. The van der Waals surface area contributed by atoms with Gasteiger partial charge in [-0.2, -0.15) is 0 Å². The highest BCUT2D eigenvalue weighted by Gasteiger charge is 2.20. The Hall–Kier alpha value is -3.21. The number of fused-ring (bicyclic) bond motifs is 1. The van der Waals surface area contributed by atoms with Gasteiger partial charge < -0.3 is 11.1 Å². The first kappa shape index (κ1) is 15.7. The topological polar surface area (TPSA) is 85.1 Å². The second kappa shape index (κ2) is 6.91. The van der Waals surface area contributed by atoms with Gasteiger partial charge in [0, 0.05) is 18.8 Å². The maximum absolute atomic E-state index is 12.3. The molecule has 120 valence electrons. The molecule has 2 aromatic carbocycles. The number of benzene rings is 2. The number of carbonyl (C=O) groups is 2. The van der Waals surface area contributed by atoms with E-state index in [-0.39, 0.29) is 5.91 Å². The number of pyridine rings is 1. The van der Waals surface area contributed by atoms with Gasteiger partial charge in [-0.05, 0) is 28.5 Å². The lowest BCUT2D eigenvalue weighted by Crippen LogP contribution is -2.45. The van der Waals surface area contributed by atoms with Gasteiger partial charge in [0.2, 0.25) is 5.91 Å². The van der Waals surface area contributed by atoms with Gasteiger partial charge in [0.1, 0.15) is 6.04 Å². The molecule has 24 heavy (non-hydrogen) atoms. The Morgan fingerprint density at radius 1 is 1.04 bits per heavy atom. The third-order valence-corrected chi connectivity index (χ3v) is 3.88. The van der Waals surface area contributed by atoms with Gasteiger partial charge >= 0.3 is 0 Å². The fraction of sp³-hybridized carbons (Fsp3) is 0.105. The van der Waals surface area contributed by atoms with E-state index >= 15 is 0 Å². The minimum Gasteiger partial charge on any atom is -0.368 e. The quantitative estimate of drug-likeness (QED) is 0.755. The molecular weight excluding hydrogens is 302 g/mol. The van der Waals surface area contributed by atoms with Crippen LogP contribution in [-0.2, 0) is 11.2 Å². The standard InChI is InChI=1S/C19H17N3O2/c20-18(23)17(22-19(24)15-8-4-10-21-12-15)11-14-7-3-6-13-5-1-2-9-16(13)14/h1-10,12,17H,11H2,(H2,20,23)(H,22,24)/t17-/m0/s1. The predicted octanol–water partition coefficient (Wildman–Crippen LogP) is 2.06. The van der Waals surface area contributed by atoms with Gasteiger partial charge in [-0.1, -0.05) is 42.5 Å². The van der Waals surface area contributed by atoms with Crippen LogP contribution in [0.25, 0.3) is 10.8 Å². The summed E-state index contributed by atoms with van der Waals surface area (Å²) >= 11 is 0. The number of aromatic nitrogens is 1. The van der Waals surface area contributed by atoms with E-state index in [1.165, 1.54) is 6.20 Å². The molecule has 0 aliphatic heterocycles. The molecule has 0 fully saturated rings. The van der Waals surface area contributed by atoms with Crippen molar-refractivity contribution in [1.82, 2.24) is 10.3 Å². The van der Waals surface area contributed by atoms with Crippen molar-refractivity contribution >= 4 is 22.6 Å². The molecule has 1 aromatic heterocycles. The smallest absolute Gasteiger partial charge is 0.253 e. The molecule has 3 aromatic rings. The van der Waals surface area contributed by atoms with E-state index in [2.05, 4.69) is 10.3 Å². The number of nitrogens with two attached hydrogens (primary N) is 1. The van der Waals surface area contributed by atoms with Gasteiger partial charge in [-0.15, -0.1) is 0 Å². The van der Waals surface area contributed by atoms with Crippen LogP contribution in [0, 0.1) is 0 Å². The van der Waals surface area contributed by atoms with Crippen LogP contribution < -0.4 is 11.1 Å². The summed E-state index contributed by atoms with van der Waals surface area (Å²) < 4.78 is 0. The Bertz CT molecular complexity index is 873. The van der Waals surface area contributed by atoms with Crippen LogP contribution in [0.4, 0.5) is 0 Å². The number of rotatable bonds is 5. The molecule has 0 radical (unpaired) electrons. The second-order valence-electron chi connectivity index (χ2n) is 5.51. The van der Waals surface area contributed by atoms with Crippen molar-refractivity contribution in [2.75, 3.05) is 0 Å². The van der Waals surface area contributed by atoms with Crippen molar-refractivity contribution in [3.8, 4) is 0 Å². The minimum atomic E-state index is -0.788. The summed E-state index contributed by atoms with van der Waals surface area (Å²) in [6.45, 7) is 0. The molecule has 1 heterocycles. The maximum atomic E-state index is 12.3. The Labute approximate surface area is 139 Å². The van der Waals surface area contributed by atoms with Crippen LogP contribution in [-0.4, -0.2) is 22.8 Å². The van der Waals surface area contributed by atoms with Crippen LogP contribution in [0.1, 0.15) is 15.9 Å². The van der Waals surface area contributed by atoms with Gasteiger partial charge in [0.15, 0.2) is 0 Å². The zero-order valence-electron chi connectivity index (χ0n) is 13.0. The van der Waals surface area contributed by atoms with E-state index < -0.39 is 11.9 Å². The summed E-state index contributed by atoms with van der Waals surface area (Å²) in [6, 6.07) is 16.3. The van der Waals surface area contributed by atoms with Crippen LogP contribution in [0.5, 0.6) is 0 Å². The first-order valence-electron chi connectivity index (χ1n) is 7.62. The lowest BCUT2D eigenvalue weighted by molar-refractivity contribution is -0.119. The number of hydrogen-bond acceptors (Lipinski definition) is 3. The number of amides is 2. The molecule has 0 spiro atoms. The van der Waals surface area contributed by atoms with E-state index in [4.69, 9.17) is 5.73 Å². The molecular formula is C19H17N3O2. The molecule has 0 bridgehead atoms. The lowest BCUT2D eigenvalue weighted by Gasteiger charge is -2.16. The van der Waals surface area contributed by atoms with E-state index in [0.29, 0.717) is 12.0 Å². The van der Waals surface area contributed by atoms with Crippen molar-refractivity contribution in [3.05, 3.63) is 78.1 Å². The number of carbonyl (C=O) groups excluding carboxylic acids is 2. The molecule has 1 atom stereocenters. The third kappa shape index (κ3) is 3.41. The normalized spacial score (nSPS) is 11.8. The third-order valence-electron chi connectivity index (χ3n) is 3.88. The van der Waals surface area contributed by atoms with Crippen molar-refractivity contribution in [1.29, 1.82) is 0 Å². The highest BCUT2D eigenvalue weighted by Crippen LogP contribution is 2.19. The number of nitrogens with one attached hydrogen (secondary N) is 1. The van der Waals surface area contributed by atoms with Crippen LogP contribution in [0.15, 0.2) is 67.0 Å². The SMILES string of the molecule is NC(=O)[C@H](Cc1cccc2ccccc12)NC(=O)c1cccnc1. The second-order valence-corrected chi connectivity index (χ2v) is 5.51. The predicted molar refractivity (Wildman–Crippen MR) is 92.3 cm³/mol. The van der Waals surface area contributed by atoms with Crippen molar-refractivity contribution in [2.24, 2.45) is 5.73 Å². The average molecular weight is 319 g/mol. The molecule has 3 rings (SSSR count). The molecule has 0 saturated heterocycles. The van der Waals surface area contributed by atoms with Crippen molar-refractivity contribution < 1.29 is 9.59 Å². The summed E-state index contributed by atoms with van der Waals surface area (Å²) in [4.78, 5) is 28.0. The molecule has 5 heteroatoms. The van der Waals surface area contributed by atoms with Crippen LogP contribution in [0.2, 0.25) is 0 Å². The van der Waals surface area contributed by atoms with Crippen molar-refractivity contribution in [2.45, 2.75) is 12.5 Å². The average Bonchev–Trinajstić information content (AvgIpc) is 2.62. The lowest BCUT2D eigenvalue weighted by atomic mass is 9.98. The van der Waals surface area contributed by atoms with Crippen LogP contribution >= 0.6 is 0 Å². The summed E-state index contributed by atoms with van der Waals surface area (Å²) in [5.41, 5.74) is 6.84. The fourth-order valence-electron chi connectivity index (χ4n) is 2.65. The van der Waals surface area contributed by atoms with Gasteiger partial charge in [-0.25, -0.2) is 0 Å². The van der Waals surface area contributed by atoms with Gasteiger partial charge in [-0.3, -0.25) is 14.6 Å². The van der Waals surface area contributed by atoms with E-state index in [1.54, 1.807) is 18.3 Å². The first-order valence-corrected chi connectivity index (χ1v) is 7.62. The molecule has 3 N–H and O–H groups in total. The first-order chi connectivity index (χ1) is 11.6. The highest BCUT2D eigenvalue weighted by molar-refractivity contribution is 5.97. The zero-order valence-corrected chi connectivity index (χ0v) is 13.0. The largest absolute Gasteiger partial charge is 0.368 e. The Morgan fingerprint density at radius 2 is 1.83 bits per heavy atom. The van der Waals surface area contributed by atoms with Crippen LogP contribution in [0.3, 0.4) is 0 Å². The number of nitrogens with zero attached hydrogens (tertiary/aromatic N) is 1. The van der Waals surface area contributed by atoms with Gasteiger partial charge in [0.25, 0.3) is 5.91 Å². The molecule has 0 aliphatic carbocycles. The number of primary amides is 1. The molecule has 0 saturated carbocycles. The highest BCUT2D eigenvalue weighted by atomic mass is 16.2.